The first kappa shape index (κ1) is 19.7. The van der Waals surface area contributed by atoms with Crippen LogP contribution in [0.5, 0.6) is 0 Å². The van der Waals surface area contributed by atoms with Gasteiger partial charge in [0.25, 0.3) is 0 Å². The van der Waals surface area contributed by atoms with E-state index in [4.69, 9.17) is 16.3 Å². The highest BCUT2D eigenvalue weighted by Crippen LogP contribution is 2.26. The molecule has 4 rings (SSSR count). The molecule has 2 N–H and O–H groups in total. The lowest BCUT2D eigenvalue weighted by atomic mass is 10.2. The molecule has 1 atom stereocenters. The van der Waals surface area contributed by atoms with Crippen LogP contribution in [0, 0.1) is 5.95 Å². The molecule has 154 valence electrons. The van der Waals surface area contributed by atoms with Crippen LogP contribution in [0.4, 0.5) is 20.6 Å². The summed E-state index contributed by atoms with van der Waals surface area (Å²) in [5, 5.41) is 17.2. The number of methoxy groups -OCH3 is 1. The van der Waals surface area contributed by atoms with Crippen molar-refractivity contribution >= 4 is 34.7 Å². The van der Waals surface area contributed by atoms with Gasteiger partial charge in [-0.1, -0.05) is 11.6 Å². The molecule has 0 spiro atoms. The van der Waals surface area contributed by atoms with E-state index in [1.165, 1.54) is 53.3 Å². The van der Waals surface area contributed by atoms with Crippen molar-refractivity contribution in [2.45, 2.75) is 13.0 Å². The number of urea groups is 1. The molecule has 4 heterocycles. The molecule has 0 aliphatic heterocycles. The number of amides is 2. The lowest BCUT2D eigenvalue weighted by molar-refractivity contribution is 0.114. The predicted octanol–water partition coefficient (Wildman–Crippen LogP) is 2.85. The van der Waals surface area contributed by atoms with Gasteiger partial charge in [-0.15, -0.1) is 9.90 Å². The Labute approximate surface area is 173 Å². The largest absolute Gasteiger partial charge is 0.375 e. The Morgan fingerprint density at radius 1 is 1.20 bits per heavy atom. The second kappa shape index (κ2) is 8.00. The summed E-state index contributed by atoms with van der Waals surface area (Å²) in [4.78, 5) is 22.0. The number of pyridine rings is 1. The fourth-order valence-corrected chi connectivity index (χ4v) is 3.02. The number of carbonyl (C=O) groups excluding carboxylic acids is 1. The molecule has 0 fully saturated rings. The van der Waals surface area contributed by atoms with Gasteiger partial charge in [-0.05, 0) is 13.0 Å². The fraction of sp³-hybridized carbons (Fsp3) is 0.176. The molecule has 0 radical (unpaired) electrons. The molecule has 0 saturated carbocycles. The molecule has 30 heavy (non-hydrogen) atoms. The van der Waals surface area contributed by atoms with Crippen LogP contribution in [0.2, 0.25) is 5.02 Å². The maximum atomic E-state index is 13.6. The van der Waals surface area contributed by atoms with Crippen LogP contribution in [-0.2, 0) is 4.74 Å². The van der Waals surface area contributed by atoms with Gasteiger partial charge < -0.3 is 15.4 Å². The average molecular weight is 432 g/mol. The maximum absolute atomic E-state index is 13.6. The minimum absolute atomic E-state index is 0.243. The lowest BCUT2D eigenvalue weighted by Gasteiger charge is -2.17. The Morgan fingerprint density at radius 3 is 2.67 bits per heavy atom. The maximum Gasteiger partial charge on any atom is 0.323 e. The summed E-state index contributed by atoms with van der Waals surface area (Å²) >= 11 is 6.21. The summed E-state index contributed by atoms with van der Waals surface area (Å²) in [7, 11) is 1.49. The Bertz CT molecular complexity index is 1210. The molecule has 0 saturated heterocycles. The third kappa shape index (κ3) is 3.77. The lowest BCUT2D eigenvalue weighted by Crippen LogP contribution is -2.22. The number of nitrogens with one attached hydrogen (secondary N) is 2. The highest BCUT2D eigenvalue weighted by Gasteiger charge is 2.19. The van der Waals surface area contributed by atoms with Gasteiger partial charge in [0, 0.05) is 13.2 Å². The third-order valence-electron chi connectivity index (χ3n) is 4.17. The number of anilines is 2. The Balaban J connectivity index is 1.57. The smallest absolute Gasteiger partial charge is 0.323 e. The summed E-state index contributed by atoms with van der Waals surface area (Å²) < 4.78 is 20.2. The normalized spacial score (nSPS) is 12.1. The summed E-state index contributed by atoms with van der Waals surface area (Å²) in [6.45, 7) is 1.74. The van der Waals surface area contributed by atoms with Gasteiger partial charge in [-0.25, -0.2) is 19.3 Å². The number of hydrogen-bond donors (Lipinski definition) is 2. The minimum Gasteiger partial charge on any atom is -0.375 e. The molecule has 2 amide bonds. The van der Waals surface area contributed by atoms with E-state index in [2.05, 4.69) is 35.9 Å². The van der Waals surface area contributed by atoms with Crippen LogP contribution in [0.1, 0.15) is 18.7 Å². The molecule has 4 aromatic rings. The molecule has 0 aliphatic rings. The molecular weight excluding hydrogens is 417 g/mol. The van der Waals surface area contributed by atoms with E-state index in [9.17, 15) is 9.18 Å². The number of hydrogen-bond acceptors (Lipinski definition) is 7. The topological polar surface area (TPSA) is 124 Å². The third-order valence-corrected chi connectivity index (χ3v) is 4.44. The molecule has 4 aromatic heterocycles. The molecule has 0 aromatic carbocycles. The van der Waals surface area contributed by atoms with E-state index in [1.807, 2.05) is 0 Å². The van der Waals surface area contributed by atoms with Gasteiger partial charge in [0.05, 0.1) is 53.0 Å². The van der Waals surface area contributed by atoms with Crippen molar-refractivity contribution in [3.8, 4) is 5.82 Å². The average Bonchev–Trinajstić information content (AvgIpc) is 3.36. The fourth-order valence-electron chi connectivity index (χ4n) is 2.78. The zero-order chi connectivity index (χ0) is 21.3. The summed E-state index contributed by atoms with van der Waals surface area (Å²) in [5.41, 5.74) is 1.36. The van der Waals surface area contributed by atoms with E-state index < -0.39 is 18.1 Å². The number of ether oxygens (including phenoxy) is 1. The summed E-state index contributed by atoms with van der Waals surface area (Å²) in [6.07, 6.45) is 5.30. The Morgan fingerprint density at radius 2 is 1.97 bits per heavy atom. The number of halogens is 2. The van der Waals surface area contributed by atoms with Crippen LogP contribution in [0.25, 0.3) is 11.5 Å². The predicted molar refractivity (Wildman–Crippen MR) is 105 cm³/mol. The van der Waals surface area contributed by atoms with E-state index in [0.29, 0.717) is 22.9 Å². The molecule has 0 aliphatic carbocycles. The van der Waals surface area contributed by atoms with Gasteiger partial charge in [0.15, 0.2) is 11.5 Å². The van der Waals surface area contributed by atoms with Gasteiger partial charge in [-0.2, -0.15) is 14.6 Å². The molecule has 11 nitrogen and oxygen atoms in total. The van der Waals surface area contributed by atoms with Crippen LogP contribution in [0.15, 0.2) is 36.9 Å². The van der Waals surface area contributed by atoms with Crippen molar-refractivity contribution in [1.29, 1.82) is 0 Å². The van der Waals surface area contributed by atoms with Crippen molar-refractivity contribution in [3.63, 3.8) is 0 Å². The monoisotopic (exact) mass is 431 g/mol. The van der Waals surface area contributed by atoms with E-state index in [1.54, 1.807) is 6.92 Å². The summed E-state index contributed by atoms with van der Waals surface area (Å²) in [5.74, 6) is -0.375. The quantitative estimate of drug-likeness (QED) is 0.497. The van der Waals surface area contributed by atoms with Crippen molar-refractivity contribution in [1.82, 2.24) is 34.6 Å². The van der Waals surface area contributed by atoms with Gasteiger partial charge in [0.2, 0.25) is 5.95 Å². The van der Waals surface area contributed by atoms with Crippen LogP contribution < -0.4 is 10.6 Å². The van der Waals surface area contributed by atoms with E-state index in [0.717, 1.165) is 0 Å². The van der Waals surface area contributed by atoms with Gasteiger partial charge >= 0.3 is 6.03 Å². The van der Waals surface area contributed by atoms with Crippen molar-refractivity contribution < 1.29 is 13.9 Å². The molecule has 0 bridgehead atoms. The van der Waals surface area contributed by atoms with Gasteiger partial charge in [-0.3, -0.25) is 0 Å². The first-order valence-electron chi connectivity index (χ1n) is 8.63. The second-order valence-electron chi connectivity index (χ2n) is 6.10. The standard InChI is InChI=1S/C17H15ClFN9O2/c1-9(30-2)15-12(8-20-14-6-13(19)26-27(14)15)25-17(29)24-10-5-11(18)16(21-7-10)28-22-3-4-23-28/h3-9H,1-2H3,(H2,24,25,29). The van der Waals surface area contributed by atoms with Crippen LogP contribution in [0.3, 0.4) is 0 Å². The minimum atomic E-state index is -0.693. The number of rotatable bonds is 5. The van der Waals surface area contributed by atoms with E-state index >= 15 is 0 Å². The molecular formula is C17H15ClFN9O2. The van der Waals surface area contributed by atoms with Crippen molar-refractivity contribution in [3.05, 3.63) is 53.6 Å². The Hall–Kier alpha value is -3.64. The highest BCUT2D eigenvalue weighted by molar-refractivity contribution is 6.32. The zero-order valence-electron chi connectivity index (χ0n) is 15.7. The first-order valence-corrected chi connectivity index (χ1v) is 9.01. The first-order chi connectivity index (χ1) is 14.5. The van der Waals surface area contributed by atoms with Crippen molar-refractivity contribution in [2.75, 3.05) is 17.7 Å². The summed E-state index contributed by atoms with van der Waals surface area (Å²) in [6, 6.07) is 2.10. The van der Waals surface area contributed by atoms with E-state index in [-0.39, 0.29) is 10.7 Å². The number of nitrogens with zero attached hydrogens (tertiary/aromatic N) is 7. The van der Waals surface area contributed by atoms with Crippen LogP contribution >= 0.6 is 11.6 Å². The Kier molecular flexibility index (Phi) is 5.25. The van der Waals surface area contributed by atoms with Gasteiger partial charge in [0.1, 0.15) is 0 Å². The molecule has 1 unspecified atom stereocenters. The number of carbonyl (C=O) groups is 1. The second-order valence-corrected chi connectivity index (χ2v) is 6.51. The van der Waals surface area contributed by atoms with Crippen LogP contribution in [-0.4, -0.2) is 47.7 Å². The van der Waals surface area contributed by atoms with Crippen molar-refractivity contribution in [2.24, 2.45) is 0 Å². The number of fused-ring (bicyclic) bond motifs is 1. The molecule has 13 heteroatoms. The zero-order valence-corrected chi connectivity index (χ0v) is 16.5. The SMILES string of the molecule is COC(C)c1c(NC(=O)Nc2cnc(-n3nccn3)c(Cl)c2)cnc2cc(F)nn12. The number of aromatic nitrogens is 7. The highest BCUT2D eigenvalue weighted by atomic mass is 35.5.